The Kier molecular flexibility index (Phi) is 7.38. The molecule has 5 nitrogen and oxygen atoms in total. The van der Waals surface area contributed by atoms with Crippen molar-refractivity contribution in [2.24, 2.45) is 17.8 Å². The first kappa shape index (κ1) is 23.0. The lowest BCUT2D eigenvalue weighted by Gasteiger charge is -2.39. The molecule has 6 heteroatoms. The molecule has 164 valence electrons. The average Bonchev–Trinajstić information content (AvgIpc) is 2.73. The van der Waals surface area contributed by atoms with Crippen molar-refractivity contribution < 1.29 is 14.2 Å². The normalized spacial score (nSPS) is 25.0. The van der Waals surface area contributed by atoms with Gasteiger partial charge in [0.2, 0.25) is 0 Å². The van der Waals surface area contributed by atoms with E-state index in [1.165, 1.54) is 0 Å². The number of aliphatic hydroxyl groups excluding tert-OH is 1. The molecular formula is C24H35N2O3P. The van der Waals surface area contributed by atoms with Gasteiger partial charge in [0.15, 0.2) is 5.85 Å². The number of hydrogen-bond acceptors (Lipinski definition) is 5. The van der Waals surface area contributed by atoms with Crippen molar-refractivity contribution in [1.82, 2.24) is 4.98 Å². The van der Waals surface area contributed by atoms with Crippen LogP contribution in [-0.4, -0.2) is 30.3 Å². The summed E-state index contributed by atoms with van der Waals surface area (Å²) >= 11 is 0. The lowest BCUT2D eigenvalue weighted by molar-refractivity contribution is 0.0427. The molecule has 1 aliphatic carbocycles. The van der Waals surface area contributed by atoms with Gasteiger partial charge in [-0.2, -0.15) is 0 Å². The smallest absolute Gasteiger partial charge is 0.264 e. The maximum absolute atomic E-state index is 14.4. The SMILES string of the molecule is CC(C)[C@@H]1CC[C@H](C)C[C@H]1O[P@@](=O)(c1ccc(N(C)C)cc1)[C@H](O)c1ccncc1. The van der Waals surface area contributed by atoms with Crippen molar-refractivity contribution in [3.05, 3.63) is 54.4 Å². The maximum atomic E-state index is 14.4. The third-order valence-electron chi connectivity index (χ3n) is 6.31. The van der Waals surface area contributed by atoms with Crippen LogP contribution in [0.15, 0.2) is 48.8 Å². The molecule has 0 spiro atoms. The highest BCUT2D eigenvalue weighted by Gasteiger charge is 2.42. The molecule has 1 saturated carbocycles. The number of pyridine rings is 1. The van der Waals surface area contributed by atoms with E-state index in [9.17, 15) is 9.67 Å². The quantitative estimate of drug-likeness (QED) is 0.610. The van der Waals surface area contributed by atoms with E-state index in [1.807, 2.05) is 43.3 Å². The Bertz CT molecular complexity index is 855. The van der Waals surface area contributed by atoms with E-state index in [1.54, 1.807) is 24.5 Å². The molecule has 5 atom stereocenters. The number of nitrogens with zero attached hydrogens (tertiary/aromatic N) is 2. The molecule has 1 aliphatic rings. The fourth-order valence-corrected chi connectivity index (χ4v) is 6.68. The molecule has 0 bridgehead atoms. The molecule has 0 amide bonds. The summed E-state index contributed by atoms with van der Waals surface area (Å²) in [6.07, 6.45) is 6.18. The number of rotatable bonds is 7. The lowest BCUT2D eigenvalue weighted by Crippen LogP contribution is -2.35. The molecule has 2 aromatic rings. The Labute approximate surface area is 180 Å². The summed E-state index contributed by atoms with van der Waals surface area (Å²) in [5.41, 5.74) is 1.57. The molecule has 0 saturated heterocycles. The molecule has 0 radical (unpaired) electrons. The highest BCUT2D eigenvalue weighted by atomic mass is 31.2. The number of benzene rings is 1. The molecule has 1 N–H and O–H groups in total. The van der Waals surface area contributed by atoms with E-state index in [-0.39, 0.29) is 6.10 Å². The van der Waals surface area contributed by atoms with E-state index < -0.39 is 13.2 Å². The fourth-order valence-electron chi connectivity index (χ4n) is 4.39. The number of anilines is 1. The predicted molar refractivity (Wildman–Crippen MR) is 123 cm³/mol. The summed E-state index contributed by atoms with van der Waals surface area (Å²) < 4.78 is 20.9. The Morgan fingerprint density at radius 1 is 1.10 bits per heavy atom. The Balaban J connectivity index is 2.01. The molecule has 0 unspecified atom stereocenters. The largest absolute Gasteiger partial charge is 0.378 e. The van der Waals surface area contributed by atoms with E-state index in [2.05, 4.69) is 25.8 Å². The van der Waals surface area contributed by atoms with Gasteiger partial charge in [-0.25, -0.2) is 0 Å². The van der Waals surface area contributed by atoms with Crippen LogP contribution in [0.1, 0.15) is 51.4 Å². The first-order valence-electron chi connectivity index (χ1n) is 10.9. The first-order valence-corrected chi connectivity index (χ1v) is 12.6. The monoisotopic (exact) mass is 430 g/mol. The molecule has 0 aliphatic heterocycles. The second-order valence-electron chi connectivity index (χ2n) is 9.13. The standard InChI is InChI=1S/C24H35N2O3P/c1-17(2)22-11-6-18(3)16-23(22)29-30(28,24(27)19-12-14-25-15-13-19)21-9-7-20(8-10-21)26(4)5/h7-10,12-15,17-18,22-24,27H,6,11,16H2,1-5H3/t18-,22-,23+,24-,30-/m0/s1. The third kappa shape index (κ3) is 4.96. The van der Waals surface area contributed by atoms with Gasteiger partial charge < -0.3 is 14.5 Å². The van der Waals surface area contributed by atoms with E-state index >= 15 is 0 Å². The van der Waals surface area contributed by atoms with E-state index in [4.69, 9.17) is 4.52 Å². The highest BCUT2D eigenvalue weighted by molar-refractivity contribution is 7.67. The van der Waals surface area contributed by atoms with Crippen LogP contribution < -0.4 is 10.2 Å². The second-order valence-corrected chi connectivity index (χ2v) is 11.5. The Morgan fingerprint density at radius 3 is 2.30 bits per heavy atom. The zero-order valence-electron chi connectivity index (χ0n) is 18.7. The fraction of sp³-hybridized carbons (Fsp3) is 0.542. The first-order chi connectivity index (χ1) is 14.2. The Hall–Kier alpha value is -1.68. The molecule has 1 heterocycles. The van der Waals surface area contributed by atoms with Gasteiger partial charge in [0.05, 0.1) is 6.10 Å². The van der Waals surface area contributed by atoms with Crippen LogP contribution in [0, 0.1) is 17.8 Å². The molecule has 1 fully saturated rings. The molecule has 3 rings (SSSR count). The van der Waals surface area contributed by atoms with E-state index in [0.717, 1.165) is 24.9 Å². The third-order valence-corrected chi connectivity index (χ3v) is 8.85. The minimum Gasteiger partial charge on any atom is -0.378 e. The number of hydrogen-bond donors (Lipinski definition) is 1. The molecular weight excluding hydrogens is 395 g/mol. The van der Waals surface area contributed by atoms with Gasteiger partial charge in [0, 0.05) is 37.5 Å². The summed E-state index contributed by atoms with van der Waals surface area (Å²) in [5, 5.41) is 11.8. The van der Waals surface area contributed by atoms with Crippen LogP contribution in [0.4, 0.5) is 5.69 Å². The summed E-state index contributed by atoms with van der Waals surface area (Å²) in [6, 6.07) is 10.9. The second kappa shape index (κ2) is 9.64. The van der Waals surface area contributed by atoms with Crippen LogP contribution >= 0.6 is 7.37 Å². The van der Waals surface area contributed by atoms with Crippen LogP contribution in [0.5, 0.6) is 0 Å². The topological polar surface area (TPSA) is 62.7 Å². The average molecular weight is 431 g/mol. The van der Waals surface area contributed by atoms with Crippen LogP contribution in [0.2, 0.25) is 0 Å². The van der Waals surface area contributed by atoms with Gasteiger partial charge in [-0.3, -0.25) is 9.55 Å². The van der Waals surface area contributed by atoms with Gasteiger partial charge in [-0.1, -0.05) is 27.2 Å². The van der Waals surface area contributed by atoms with Gasteiger partial charge in [0.25, 0.3) is 7.37 Å². The summed E-state index contributed by atoms with van der Waals surface area (Å²) in [4.78, 5) is 6.02. The number of aliphatic hydroxyl groups is 1. The van der Waals surface area contributed by atoms with Crippen LogP contribution in [0.25, 0.3) is 0 Å². The minimum atomic E-state index is -3.60. The maximum Gasteiger partial charge on any atom is 0.264 e. The van der Waals surface area contributed by atoms with Gasteiger partial charge in [-0.15, -0.1) is 0 Å². The zero-order valence-corrected chi connectivity index (χ0v) is 19.6. The minimum absolute atomic E-state index is 0.135. The van der Waals surface area contributed by atoms with Crippen LogP contribution in [-0.2, 0) is 9.09 Å². The summed E-state index contributed by atoms with van der Waals surface area (Å²) in [7, 11) is 0.334. The van der Waals surface area contributed by atoms with Crippen molar-refractivity contribution in [3.8, 4) is 0 Å². The molecule has 1 aromatic carbocycles. The number of aromatic nitrogens is 1. The van der Waals surface area contributed by atoms with Crippen molar-refractivity contribution in [1.29, 1.82) is 0 Å². The zero-order chi connectivity index (χ0) is 21.9. The van der Waals surface area contributed by atoms with Crippen molar-refractivity contribution >= 4 is 18.4 Å². The van der Waals surface area contributed by atoms with Crippen LogP contribution in [0.3, 0.4) is 0 Å². The summed E-state index contributed by atoms with van der Waals surface area (Å²) in [5.74, 6) is 0.0636. The Morgan fingerprint density at radius 2 is 1.73 bits per heavy atom. The van der Waals surface area contributed by atoms with Gasteiger partial charge in [-0.05, 0) is 72.6 Å². The van der Waals surface area contributed by atoms with Crippen molar-refractivity contribution in [2.75, 3.05) is 19.0 Å². The highest BCUT2D eigenvalue weighted by Crippen LogP contribution is 2.60. The predicted octanol–water partition coefficient (Wildman–Crippen LogP) is 5.22. The van der Waals surface area contributed by atoms with Gasteiger partial charge in [0.1, 0.15) is 0 Å². The lowest BCUT2D eigenvalue weighted by atomic mass is 9.75. The molecule has 1 aromatic heterocycles. The van der Waals surface area contributed by atoms with Gasteiger partial charge >= 0.3 is 0 Å². The van der Waals surface area contributed by atoms with Crippen molar-refractivity contribution in [3.63, 3.8) is 0 Å². The van der Waals surface area contributed by atoms with Crippen molar-refractivity contribution in [2.45, 2.75) is 52.0 Å². The van der Waals surface area contributed by atoms with E-state index in [0.29, 0.717) is 28.6 Å². The molecule has 30 heavy (non-hydrogen) atoms. The summed E-state index contributed by atoms with van der Waals surface area (Å²) in [6.45, 7) is 6.63.